The monoisotopic (exact) mass is 387 g/mol. The Bertz CT molecular complexity index is 751. The zero-order valence-corrected chi connectivity index (χ0v) is 15.3. The SMILES string of the molecule is CSc1nc(NC(=O)CC=NOCc2ccc(Cl)cc2Cl)nn1C. The summed E-state index contributed by atoms with van der Waals surface area (Å²) in [6.07, 6.45) is 3.28. The van der Waals surface area contributed by atoms with Crippen LogP contribution in [0.2, 0.25) is 10.0 Å². The molecule has 0 aliphatic carbocycles. The molecule has 1 aromatic carbocycles. The second-order valence-electron chi connectivity index (χ2n) is 4.60. The second kappa shape index (κ2) is 8.91. The van der Waals surface area contributed by atoms with Crippen LogP contribution in [0.5, 0.6) is 0 Å². The Kier molecular flexibility index (Phi) is 6.89. The molecule has 1 heterocycles. The summed E-state index contributed by atoms with van der Waals surface area (Å²) < 4.78 is 1.59. The number of hydrogen-bond donors (Lipinski definition) is 1. The number of carbonyl (C=O) groups excluding carboxylic acids is 1. The molecule has 2 rings (SSSR count). The Morgan fingerprint density at radius 2 is 2.29 bits per heavy atom. The van der Waals surface area contributed by atoms with E-state index < -0.39 is 0 Å². The average molecular weight is 388 g/mol. The van der Waals surface area contributed by atoms with Crippen LogP contribution in [0.4, 0.5) is 5.95 Å². The lowest BCUT2D eigenvalue weighted by Gasteiger charge is -2.03. The zero-order valence-electron chi connectivity index (χ0n) is 13.0. The molecule has 0 unspecified atom stereocenters. The van der Waals surface area contributed by atoms with Gasteiger partial charge in [0.05, 0.1) is 12.6 Å². The van der Waals surface area contributed by atoms with Crippen molar-refractivity contribution in [2.45, 2.75) is 18.2 Å². The number of benzene rings is 1. The lowest BCUT2D eigenvalue weighted by Crippen LogP contribution is -2.13. The van der Waals surface area contributed by atoms with E-state index in [2.05, 4.69) is 20.6 Å². The van der Waals surface area contributed by atoms with Crippen LogP contribution in [0, 0.1) is 0 Å². The first-order valence-corrected chi connectivity index (χ1v) is 8.80. The van der Waals surface area contributed by atoms with Crippen molar-refractivity contribution in [3.05, 3.63) is 33.8 Å². The molecular formula is C14H15Cl2N5O2S. The molecule has 0 saturated heterocycles. The van der Waals surface area contributed by atoms with Crippen molar-refractivity contribution in [3.8, 4) is 0 Å². The first-order valence-electron chi connectivity index (χ1n) is 6.82. The molecule has 1 amide bonds. The van der Waals surface area contributed by atoms with Gasteiger partial charge < -0.3 is 4.84 Å². The van der Waals surface area contributed by atoms with Gasteiger partial charge >= 0.3 is 0 Å². The van der Waals surface area contributed by atoms with Crippen LogP contribution < -0.4 is 5.32 Å². The fourth-order valence-corrected chi connectivity index (χ4v) is 2.64. The summed E-state index contributed by atoms with van der Waals surface area (Å²) in [5.41, 5.74) is 0.755. The number of aryl methyl sites for hydroxylation is 1. The molecule has 24 heavy (non-hydrogen) atoms. The largest absolute Gasteiger partial charge is 0.391 e. The summed E-state index contributed by atoms with van der Waals surface area (Å²) in [5.74, 6) is -0.0285. The Morgan fingerprint density at radius 1 is 1.50 bits per heavy atom. The maximum Gasteiger partial charge on any atom is 0.249 e. The fraction of sp³-hybridized carbons (Fsp3) is 0.286. The van der Waals surface area contributed by atoms with Crippen LogP contribution >= 0.6 is 35.0 Å². The van der Waals surface area contributed by atoms with E-state index in [-0.39, 0.29) is 24.9 Å². The van der Waals surface area contributed by atoms with Gasteiger partial charge in [-0.05, 0) is 18.4 Å². The number of anilines is 1. The maximum atomic E-state index is 11.8. The molecule has 128 valence electrons. The third-order valence-electron chi connectivity index (χ3n) is 2.82. The standard InChI is InChI=1S/C14H15Cl2N5O2S/c1-21-14(24-2)19-13(20-21)18-12(22)5-6-17-23-8-9-3-4-10(15)7-11(9)16/h3-4,6-7H,5,8H2,1-2H3,(H,18,20,22). The molecule has 7 nitrogen and oxygen atoms in total. The van der Waals surface area contributed by atoms with Gasteiger partial charge in [-0.1, -0.05) is 46.2 Å². The number of halogens is 2. The quantitative estimate of drug-likeness (QED) is 0.447. The third-order valence-corrected chi connectivity index (χ3v) is 4.13. The topological polar surface area (TPSA) is 81.4 Å². The minimum atomic E-state index is -0.287. The van der Waals surface area contributed by atoms with Crippen molar-refractivity contribution in [2.24, 2.45) is 12.2 Å². The van der Waals surface area contributed by atoms with Crippen molar-refractivity contribution in [3.63, 3.8) is 0 Å². The molecule has 0 spiro atoms. The summed E-state index contributed by atoms with van der Waals surface area (Å²) in [6, 6.07) is 5.09. The van der Waals surface area contributed by atoms with Gasteiger partial charge in [0.2, 0.25) is 11.9 Å². The lowest BCUT2D eigenvalue weighted by molar-refractivity contribution is -0.115. The first kappa shape index (κ1) is 18.6. The lowest BCUT2D eigenvalue weighted by atomic mass is 10.2. The average Bonchev–Trinajstić information content (AvgIpc) is 2.88. The minimum absolute atomic E-state index is 0.0429. The number of hydrogen-bond acceptors (Lipinski definition) is 6. The number of oxime groups is 1. The maximum absolute atomic E-state index is 11.8. The minimum Gasteiger partial charge on any atom is -0.391 e. The number of carbonyl (C=O) groups is 1. The van der Waals surface area contributed by atoms with E-state index in [0.717, 1.165) is 5.56 Å². The van der Waals surface area contributed by atoms with Gasteiger partial charge in [-0.2, -0.15) is 4.98 Å². The van der Waals surface area contributed by atoms with Crippen molar-refractivity contribution >= 4 is 53.0 Å². The van der Waals surface area contributed by atoms with Gasteiger partial charge in [-0.25, -0.2) is 4.68 Å². The van der Waals surface area contributed by atoms with Crippen molar-refractivity contribution in [1.82, 2.24) is 14.8 Å². The zero-order chi connectivity index (χ0) is 17.5. The smallest absolute Gasteiger partial charge is 0.249 e. The van der Waals surface area contributed by atoms with E-state index in [1.54, 1.807) is 29.9 Å². The summed E-state index contributed by atoms with van der Waals surface area (Å²) >= 11 is 13.3. The Balaban J connectivity index is 1.75. The van der Waals surface area contributed by atoms with Crippen LogP contribution in [-0.4, -0.2) is 33.1 Å². The third kappa shape index (κ3) is 5.40. The molecular weight excluding hydrogens is 373 g/mol. The van der Waals surface area contributed by atoms with Crippen molar-refractivity contribution in [2.75, 3.05) is 11.6 Å². The van der Waals surface area contributed by atoms with Crippen LogP contribution in [0.3, 0.4) is 0 Å². The van der Waals surface area contributed by atoms with Crippen LogP contribution in [0.1, 0.15) is 12.0 Å². The molecule has 0 radical (unpaired) electrons. The Morgan fingerprint density at radius 3 is 2.96 bits per heavy atom. The highest BCUT2D eigenvalue weighted by Gasteiger charge is 2.08. The van der Waals surface area contributed by atoms with Crippen LogP contribution in [0.15, 0.2) is 28.5 Å². The molecule has 0 atom stereocenters. The summed E-state index contributed by atoms with van der Waals surface area (Å²) in [7, 11) is 1.76. The van der Waals surface area contributed by atoms with Crippen LogP contribution in [-0.2, 0) is 23.3 Å². The molecule has 0 aliphatic heterocycles. The molecule has 0 bridgehead atoms. The van der Waals surface area contributed by atoms with E-state index >= 15 is 0 Å². The molecule has 0 saturated carbocycles. The van der Waals surface area contributed by atoms with Gasteiger partial charge in [0.25, 0.3) is 0 Å². The number of thioether (sulfide) groups is 1. The van der Waals surface area contributed by atoms with Crippen molar-refractivity contribution in [1.29, 1.82) is 0 Å². The molecule has 1 aromatic heterocycles. The van der Waals surface area contributed by atoms with Gasteiger partial charge in [-0.3, -0.25) is 10.1 Å². The molecule has 2 aromatic rings. The number of rotatable bonds is 7. The molecule has 1 N–H and O–H groups in total. The molecule has 0 aliphatic rings. The second-order valence-corrected chi connectivity index (χ2v) is 6.21. The Hall–Kier alpha value is -1.77. The summed E-state index contributed by atoms with van der Waals surface area (Å²) in [4.78, 5) is 21.0. The highest BCUT2D eigenvalue weighted by atomic mass is 35.5. The predicted molar refractivity (Wildman–Crippen MR) is 95.8 cm³/mol. The predicted octanol–water partition coefficient (Wildman–Crippen LogP) is 3.38. The van der Waals surface area contributed by atoms with Gasteiger partial charge in [0, 0.05) is 22.7 Å². The number of nitrogens with one attached hydrogen (secondary N) is 1. The number of amides is 1. The van der Waals surface area contributed by atoms with E-state index in [9.17, 15) is 4.79 Å². The molecule has 0 fully saturated rings. The number of nitrogens with zero attached hydrogens (tertiary/aromatic N) is 4. The highest BCUT2D eigenvalue weighted by molar-refractivity contribution is 7.98. The normalized spacial score (nSPS) is 11.0. The van der Waals surface area contributed by atoms with E-state index in [0.29, 0.717) is 15.2 Å². The van der Waals surface area contributed by atoms with Gasteiger partial charge in [-0.15, -0.1) is 5.10 Å². The fourth-order valence-electron chi connectivity index (χ4n) is 1.70. The van der Waals surface area contributed by atoms with E-state index in [1.807, 2.05) is 6.26 Å². The summed E-state index contributed by atoms with van der Waals surface area (Å²) in [5, 5.41) is 12.1. The van der Waals surface area contributed by atoms with Gasteiger partial charge in [0.15, 0.2) is 5.16 Å². The van der Waals surface area contributed by atoms with Crippen LogP contribution in [0.25, 0.3) is 0 Å². The van der Waals surface area contributed by atoms with E-state index in [1.165, 1.54) is 18.0 Å². The number of aromatic nitrogens is 3. The summed E-state index contributed by atoms with van der Waals surface area (Å²) in [6.45, 7) is 0.188. The molecule has 10 heteroatoms. The highest BCUT2D eigenvalue weighted by Crippen LogP contribution is 2.21. The van der Waals surface area contributed by atoms with Crippen molar-refractivity contribution < 1.29 is 9.63 Å². The first-order chi connectivity index (χ1) is 11.5. The van der Waals surface area contributed by atoms with E-state index in [4.69, 9.17) is 28.0 Å². The Labute approximate surface area is 153 Å². The van der Waals surface area contributed by atoms with Gasteiger partial charge in [0.1, 0.15) is 6.61 Å².